The highest BCUT2D eigenvalue weighted by Gasteiger charge is 2.41. The maximum atomic E-state index is 11.8. The maximum absolute atomic E-state index is 11.8. The van der Waals surface area contributed by atoms with E-state index in [9.17, 15) is 4.79 Å². The van der Waals surface area contributed by atoms with E-state index in [4.69, 9.17) is 20.6 Å². The number of hydrogen-bond donors (Lipinski definition) is 0. The summed E-state index contributed by atoms with van der Waals surface area (Å²) in [5, 5.41) is 0. The number of ether oxygens (including phenoxy) is 3. The van der Waals surface area contributed by atoms with Crippen LogP contribution in [0.15, 0.2) is 18.2 Å². The van der Waals surface area contributed by atoms with Crippen molar-refractivity contribution in [3.8, 4) is 23.8 Å². The molecule has 27 heavy (non-hydrogen) atoms. The predicted molar refractivity (Wildman–Crippen MR) is 107 cm³/mol. The zero-order valence-corrected chi connectivity index (χ0v) is 16.7. The van der Waals surface area contributed by atoms with Gasteiger partial charge in [-0.15, -0.1) is 12.3 Å². The molecule has 0 aromatic heterocycles. The third kappa shape index (κ3) is 6.50. The van der Waals surface area contributed by atoms with Crippen LogP contribution in [0.25, 0.3) is 0 Å². The van der Waals surface area contributed by atoms with E-state index in [2.05, 4.69) is 5.92 Å². The number of esters is 1. The average molecular weight is 373 g/mol. The number of hydrogen-bond acceptors (Lipinski definition) is 4. The fourth-order valence-electron chi connectivity index (χ4n) is 3.61. The van der Waals surface area contributed by atoms with E-state index in [0.717, 1.165) is 50.0 Å². The Morgan fingerprint density at radius 1 is 1.00 bits per heavy atom. The standard InChI is InChI=1S/C23H32O4/c1-4-5-6-7-8-9-10-11-12-19-20(27-23(19)24)15-13-18-14-16-21(25-2)22(17-18)26-3/h1,14,16-17,19-20H,5-13,15H2,2-3H3/t19-,20-/m0/s1. The van der Waals surface area contributed by atoms with Crippen molar-refractivity contribution in [2.45, 2.75) is 70.3 Å². The lowest BCUT2D eigenvalue weighted by molar-refractivity contribution is -0.185. The minimum atomic E-state index is -0.0265. The first kappa shape index (κ1) is 21.2. The predicted octanol–water partition coefficient (Wildman–Crippen LogP) is 4.93. The van der Waals surface area contributed by atoms with Crippen molar-refractivity contribution in [2.24, 2.45) is 5.92 Å². The Kier molecular flexibility index (Phi) is 9.04. The van der Waals surface area contributed by atoms with Crippen LogP contribution in [0.2, 0.25) is 0 Å². The number of unbranched alkanes of at least 4 members (excludes halogenated alkanes) is 6. The smallest absolute Gasteiger partial charge is 0.313 e. The van der Waals surface area contributed by atoms with Gasteiger partial charge in [-0.1, -0.05) is 38.2 Å². The first-order valence-corrected chi connectivity index (χ1v) is 10.0. The van der Waals surface area contributed by atoms with Gasteiger partial charge in [-0.3, -0.25) is 4.79 Å². The third-order valence-electron chi connectivity index (χ3n) is 5.27. The maximum Gasteiger partial charge on any atom is 0.313 e. The second kappa shape index (κ2) is 11.5. The molecule has 0 radical (unpaired) electrons. The molecule has 2 rings (SSSR count). The highest BCUT2D eigenvalue weighted by molar-refractivity contribution is 5.78. The van der Waals surface area contributed by atoms with Crippen LogP contribution in [0.5, 0.6) is 11.5 Å². The Labute approximate surface area is 163 Å². The lowest BCUT2D eigenvalue weighted by atomic mass is 9.87. The first-order chi connectivity index (χ1) is 13.2. The molecule has 0 aliphatic carbocycles. The number of benzene rings is 1. The van der Waals surface area contributed by atoms with Crippen LogP contribution >= 0.6 is 0 Å². The van der Waals surface area contributed by atoms with Crippen molar-refractivity contribution in [3.63, 3.8) is 0 Å². The lowest BCUT2D eigenvalue weighted by Crippen LogP contribution is -2.45. The second-order valence-electron chi connectivity index (χ2n) is 7.17. The van der Waals surface area contributed by atoms with E-state index in [1.807, 2.05) is 18.2 Å². The summed E-state index contributed by atoms with van der Waals surface area (Å²) < 4.78 is 16.0. The molecular formula is C23H32O4. The zero-order valence-electron chi connectivity index (χ0n) is 16.7. The third-order valence-corrected chi connectivity index (χ3v) is 5.27. The molecule has 1 saturated heterocycles. The number of carbonyl (C=O) groups excluding carboxylic acids is 1. The number of cyclic esters (lactones) is 1. The van der Waals surface area contributed by atoms with Gasteiger partial charge in [-0.25, -0.2) is 0 Å². The normalized spacial score (nSPS) is 18.3. The summed E-state index contributed by atoms with van der Waals surface area (Å²) >= 11 is 0. The van der Waals surface area contributed by atoms with Gasteiger partial charge in [0.1, 0.15) is 6.10 Å². The summed E-state index contributed by atoms with van der Waals surface area (Å²) in [5.41, 5.74) is 1.17. The van der Waals surface area contributed by atoms with Crippen molar-refractivity contribution >= 4 is 5.97 Å². The van der Waals surface area contributed by atoms with Crippen LogP contribution < -0.4 is 9.47 Å². The summed E-state index contributed by atoms with van der Waals surface area (Å²) in [7, 11) is 3.27. The van der Waals surface area contributed by atoms with Crippen LogP contribution in [0.4, 0.5) is 0 Å². The summed E-state index contributed by atoms with van der Waals surface area (Å²) in [6.07, 6.45) is 15.9. The van der Waals surface area contributed by atoms with Crippen LogP contribution in [-0.2, 0) is 16.0 Å². The summed E-state index contributed by atoms with van der Waals surface area (Å²) in [6.45, 7) is 0. The summed E-state index contributed by atoms with van der Waals surface area (Å²) in [4.78, 5) is 11.8. The minimum Gasteiger partial charge on any atom is -0.493 e. The monoisotopic (exact) mass is 372 g/mol. The molecular weight excluding hydrogens is 340 g/mol. The molecule has 1 fully saturated rings. The molecule has 0 saturated carbocycles. The molecule has 1 aromatic carbocycles. The number of terminal acetylenes is 1. The van der Waals surface area contributed by atoms with Crippen LogP contribution in [0, 0.1) is 18.3 Å². The van der Waals surface area contributed by atoms with Crippen molar-refractivity contribution in [3.05, 3.63) is 23.8 Å². The molecule has 0 spiro atoms. The summed E-state index contributed by atoms with van der Waals surface area (Å²) in [5.74, 6) is 4.20. The molecule has 0 unspecified atom stereocenters. The van der Waals surface area contributed by atoms with Gasteiger partial charge in [-0.2, -0.15) is 0 Å². The van der Waals surface area contributed by atoms with E-state index >= 15 is 0 Å². The van der Waals surface area contributed by atoms with Crippen LogP contribution in [0.3, 0.4) is 0 Å². The molecule has 0 N–H and O–H groups in total. The number of rotatable bonds is 13. The van der Waals surface area contributed by atoms with E-state index in [0.29, 0.717) is 0 Å². The Bertz CT molecular complexity index is 632. The Morgan fingerprint density at radius 3 is 2.37 bits per heavy atom. The zero-order chi connectivity index (χ0) is 19.5. The molecule has 1 aliphatic rings. The molecule has 1 heterocycles. The Hall–Kier alpha value is -2.15. The summed E-state index contributed by atoms with van der Waals surface area (Å²) in [6, 6.07) is 5.95. The molecule has 148 valence electrons. The number of methoxy groups -OCH3 is 2. The number of carbonyl (C=O) groups is 1. The van der Waals surface area contributed by atoms with Gasteiger partial charge in [0.05, 0.1) is 20.1 Å². The van der Waals surface area contributed by atoms with Gasteiger partial charge in [-0.05, 0) is 43.4 Å². The highest BCUT2D eigenvalue weighted by Crippen LogP contribution is 2.33. The lowest BCUT2D eigenvalue weighted by Gasteiger charge is -2.35. The van der Waals surface area contributed by atoms with Crippen molar-refractivity contribution in [1.29, 1.82) is 0 Å². The van der Waals surface area contributed by atoms with Gasteiger partial charge in [0.15, 0.2) is 11.5 Å². The fraction of sp³-hybridized carbons (Fsp3) is 0.609. The second-order valence-corrected chi connectivity index (χ2v) is 7.17. The molecule has 1 aliphatic heterocycles. The van der Waals surface area contributed by atoms with Crippen LogP contribution in [0.1, 0.15) is 63.4 Å². The van der Waals surface area contributed by atoms with E-state index in [1.54, 1.807) is 14.2 Å². The Balaban J connectivity index is 1.67. The molecule has 2 atom stereocenters. The first-order valence-electron chi connectivity index (χ1n) is 10.0. The van der Waals surface area contributed by atoms with Gasteiger partial charge >= 0.3 is 5.97 Å². The van der Waals surface area contributed by atoms with E-state index < -0.39 is 0 Å². The molecule has 4 nitrogen and oxygen atoms in total. The van der Waals surface area contributed by atoms with Crippen molar-refractivity contribution in [2.75, 3.05) is 14.2 Å². The average Bonchev–Trinajstić information content (AvgIpc) is 2.69. The van der Waals surface area contributed by atoms with Gasteiger partial charge < -0.3 is 14.2 Å². The van der Waals surface area contributed by atoms with Gasteiger partial charge in [0.2, 0.25) is 0 Å². The highest BCUT2D eigenvalue weighted by atomic mass is 16.6. The van der Waals surface area contributed by atoms with Gasteiger partial charge in [0.25, 0.3) is 0 Å². The van der Waals surface area contributed by atoms with Crippen LogP contribution in [-0.4, -0.2) is 26.3 Å². The van der Waals surface area contributed by atoms with Gasteiger partial charge in [0, 0.05) is 6.42 Å². The quantitative estimate of drug-likeness (QED) is 0.280. The fourth-order valence-corrected chi connectivity index (χ4v) is 3.61. The topological polar surface area (TPSA) is 44.8 Å². The molecule has 0 bridgehead atoms. The SMILES string of the molecule is C#CCCCCCCCC[C@@H]1C(=O)O[C@H]1CCc1ccc(OC)c(OC)c1. The molecule has 1 aromatic rings. The Morgan fingerprint density at radius 2 is 1.70 bits per heavy atom. The molecule has 0 amide bonds. The largest absolute Gasteiger partial charge is 0.493 e. The van der Waals surface area contributed by atoms with E-state index in [-0.39, 0.29) is 18.0 Å². The van der Waals surface area contributed by atoms with Crippen molar-refractivity contribution in [1.82, 2.24) is 0 Å². The number of aryl methyl sites for hydroxylation is 1. The molecule has 4 heteroatoms. The van der Waals surface area contributed by atoms with E-state index in [1.165, 1.54) is 31.2 Å². The van der Waals surface area contributed by atoms with Crippen molar-refractivity contribution < 1.29 is 19.0 Å². The minimum absolute atomic E-state index is 0.0265.